The van der Waals surface area contributed by atoms with Crippen LogP contribution in [0.5, 0.6) is 11.5 Å². The van der Waals surface area contributed by atoms with Gasteiger partial charge in [-0.15, -0.1) is 0 Å². The van der Waals surface area contributed by atoms with Gasteiger partial charge in [-0.3, -0.25) is 9.10 Å². The molecule has 162 valence electrons. The molecule has 0 bridgehead atoms. The predicted molar refractivity (Wildman–Crippen MR) is 117 cm³/mol. The minimum absolute atomic E-state index is 0.128. The molecule has 0 aromatic heterocycles. The Morgan fingerprint density at radius 2 is 1.83 bits per heavy atom. The first kappa shape index (κ1) is 22.0. The van der Waals surface area contributed by atoms with Crippen molar-refractivity contribution < 1.29 is 22.7 Å². The summed E-state index contributed by atoms with van der Waals surface area (Å²) < 4.78 is 36.8. The number of aryl methyl sites for hydroxylation is 1. The summed E-state index contributed by atoms with van der Waals surface area (Å²) in [4.78, 5) is 13.1. The van der Waals surface area contributed by atoms with Crippen molar-refractivity contribution in [2.75, 3.05) is 24.8 Å². The maximum Gasteiger partial charge on any atom is 0.244 e. The van der Waals surface area contributed by atoms with Crippen molar-refractivity contribution in [2.45, 2.75) is 38.3 Å². The van der Waals surface area contributed by atoms with Crippen LogP contribution in [0.1, 0.15) is 36.9 Å². The maximum absolute atomic E-state index is 13.1. The Morgan fingerprint density at radius 3 is 2.50 bits per heavy atom. The van der Waals surface area contributed by atoms with Crippen molar-refractivity contribution in [2.24, 2.45) is 0 Å². The number of ether oxygens (including phenoxy) is 2. The SMILES string of the molecule is COc1ccc(N(C(C)C(=O)NC2CCCc3ccccc32)S(C)(=O)=O)cc1OC. The average molecular weight is 433 g/mol. The van der Waals surface area contributed by atoms with Crippen LogP contribution >= 0.6 is 0 Å². The zero-order chi connectivity index (χ0) is 21.9. The highest BCUT2D eigenvalue weighted by atomic mass is 32.2. The molecule has 2 unspecified atom stereocenters. The van der Waals surface area contributed by atoms with Crippen molar-refractivity contribution in [3.8, 4) is 11.5 Å². The first-order valence-corrected chi connectivity index (χ1v) is 11.7. The Balaban J connectivity index is 1.88. The van der Waals surface area contributed by atoms with Gasteiger partial charge in [0.1, 0.15) is 6.04 Å². The molecule has 1 aliphatic carbocycles. The Kier molecular flexibility index (Phi) is 6.55. The monoisotopic (exact) mass is 432 g/mol. The number of rotatable bonds is 7. The zero-order valence-corrected chi connectivity index (χ0v) is 18.5. The molecule has 0 radical (unpaired) electrons. The summed E-state index contributed by atoms with van der Waals surface area (Å²) in [6.45, 7) is 1.59. The van der Waals surface area contributed by atoms with E-state index in [1.54, 1.807) is 25.1 Å². The van der Waals surface area contributed by atoms with Crippen molar-refractivity contribution in [3.05, 3.63) is 53.6 Å². The number of carbonyl (C=O) groups excluding carboxylic acids is 1. The minimum atomic E-state index is -3.73. The van der Waals surface area contributed by atoms with E-state index in [0.717, 1.165) is 35.4 Å². The summed E-state index contributed by atoms with van der Waals surface area (Å²) in [6.07, 6.45) is 3.87. The van der Waals surface area contributed by atoms with Gasteiger partial charge in [0.25, 0.3) is 0 Å². The van der Waals surface area contributed by atoms with Crippen LogP contribution in [0.25, 0.3) is 0 Å². The molecule has 0 saturated carbocycles. The van der Waals surface area contributed by atoms with Crippen LogP contribution in [0.15, 0.2) is 42.5 Å². The number of fused-ring (bicyclic) bond motifs is 1. The lowest BCUT2D eigenvalue weighted by Gasteiger charge is -2.32. The second-order valence-electron chi connectivity index (χ2n) is 7.43. The topological polar surface area (TPSA) is 84.9 Å². The molecule has 1 amide bonds. The van der Waals surface area contributed by atoms with Gasteiger partial charge >= 0.3 is 0 Å². The molecule has 0 fully saturated rings. The fraction of sp³-hybridized carbons (Fsp3) is 0.409. The van der Waals surface area contributed by atoms with E-state index in [0.29, 0.717) is 17.2 Å². The standard InChI is InChI=1S/C22H28N2O5S/c1-15(22(25)23-19-11-7-9-16-8-5-6-10-18(16)19)24(30(4,26)27)17-12-13-20(28-2)21(14-17)29-3/h5-6,8,10,12-15,19H,7,9,11H2,1-4H3,(H,23,25). The van der Waals surface area contributed by atoms with Gasteiger partial charge in [0.15, 0.2) is 11.5 Å². The summed E-state index contributed by atoms with van der Waals surface area (Å²) in [6, 6.07) is 11.8. The highest BCUT2D eigenvalue weighted by Gasteiger charge is 2.32. The van der Waals surface area contributed by atoms with Gasteiger partial charge in [0, 0.05) is 6.07 Å². The first-order chi connectivity index (χ1) is 14.3. The normalized spacial score (nSPS) is 16.9. The van der Waals surface area contributed by atoms with E-state index < -0.39 is 16.1 Å². The molecule has 0 spiro atoms. The highest BCUT2D eigenvalue weighted by molar-refractivity contribution is 7.92. The molecule has 0 saturated heterocycles. The number of benzene rings is 2. The molecule has 0 aliphatic heterocycles. The number of hydrogen-bond acceptors (Lipinski definition) is 5. The third-order valence-corrected chi connectivity index (χ3v) is 6.64. The molecular weight excluding hydrogens is 404 g/mol. The van der Waals surface area contributed by atoms with Crippen molar-refractivity contribution in [1.82, 2.24) is 5.32 Å². The van der Waals surface area contributed by atoms with Crippen LogP contribution < -0.4 is 19.1 Å². The molecule has 2 atom stereocenters. The zero-order valence-electron chi connectivity index (χ0n) is 17.7. The van der Waals surface area contributed by atoms with E-state index in [2.05, 4.69) is 11.4 Å². The summed E-state index contributed by atoms with van der Waals surface area (Å²) >= 11 is 0. The second kappa shape index (κ2) is 8.95. The Hall–Kier alpha value is -2.74. The highest BCUT2D eigenvalue weighted by Crippen LogP contribution is 2.34. The summed E-state index contributed by atoms with van der Waals surface area (Å²) in [5.74, 6) is 0.514. The molecule has 3 rings (SSSR count). The predicted octanol–water partition coefficient (Wildman–Crippen LogP) is 3.05. The number of sulfonamides is 1. The molecule has 1 N–H and O–H groups in total. The van der Waals surface area contributed by atoms with Crippen LogP contribution in [0.2, 0.25) is 0 Å². The lowest BCUT2D eigenvalue weighted by atomic mass is 9.87. The van der Waals surface area contributed by atoms with Gasteiger partial charge in [-0.05, 0) is 49.4 Å². The average Bonchev–Trinajstić information content (AvgIpc) is 2.72. The third kappa shape index (κ3) is 4.53. The van der Waals surface area contributed by atoms with Crippen molar-refractivity contribution >= 4 is 21.6 Å². The van der Waals surface area contributed by atoms with Crippen molar-refractivity contribution in [1.29, 1.82) is 0 Å². The van der Waals surface area contributed by atoms with Crippen LogP contribution in [0.3, 0.4) is 0 Å². The maximum atomic E-state index is 13.1. The van der Waals surface area contributed by atoms with Gasteiger partial charge in [0.2, 0.25) is 15.9 Å². The lowest BCUT2D eigenvalue weighted by molar-refractivity contribution is -0.122. The van der Waals surface area contributed by atoms with Gasteiger partial charge < -0.3 is 14.8 Å². The van der Waals surface area contributed by atoms with E-state index in [-0.39, 0.29) is 11.9 Å². The summed E-state index contributed by atoms with van der Waals surface area (Å²) in [7, 11) is -0.753. The van der Waals surface area contributed by atoms with E-state index in [9.17, 15) is 13.2 Å². The molecular formula is C22H28N2O5S. The van der Waals surface area contributed by atoms with E-state index in [1.165, 1.54) is 19.8 Å². The number of nitrogens with zero attached hydrogens (tertiary/aromatic N) is 1. The van der Waals surface area contributed by atoms with Gasteiger partial charge in [-0.2, -0.15) is 0 Å². The Bertz CT molecular complexity index is 1020. The molecule has 0 heterocycles. The number of methoxy groups -OCH3 is 2. The first-order valence-electron chi connectivity index (χ1n) is 9.86. The molecule has 30 heavy (non-hydrogen) atoms. The van der Waals surface area contributed by atoms with Gasteiger partial charge in [0.05, 0.1) is 32.2 Å². The molecule has 2 aromatic rings. The fourth-order valence-corrected chi connectivity index (χ4v) is 5.13. The molecule has 1 aliphatic rings. The molecule has 8 heteroatoms. The fourth-order valence-electron chi connectivity index (χ4n) is 3.97. The number of nitrogens with one attached hydrogen (secondary N) is 1. The number of amides is 1. The largest absolute Gasteiger partial charge is 0.493 e. The number of anilines is 1. The Labute approximate surface area is 178 Å². The smallest absolute Gasteiger partial charge is 0.244 e. The van der Waals surface area contributed by atoms with Crippen LogP contribution in [-0.2, 0) is 21.2 Å². The Morgan fingerprint density at radius 1 is 1.13 bits per heavy atom. The van der Waals surface area contributed by atoms with Gasteiger partial charge in [-0.1, -0.05) is 24.3 Å². The number of carbonyl (C=O) groups is 1. The summed E-state index contributed by atoms with van der Waals surface area (Å²) in [5, 5.41) is 3.05. The van der Waals surface area contributed by atoms with Crippen LogP contribution in [0.4, 0.5) is 5.69 Å². The number of hydrogen-bond donors (Lipinski definition) is 1. The van der Waals surface area contributed by atoms with Crippen LogP contribution in [-0.4, -0.2) is 40.8 Å². The van der Waals surface area contributed by atoms with Gasteiger partial charge in [-0.25, -0.2) is 8.42 Å². The molecule has 2 aromatic carbocycles. The van der Waals surface area contributed by atoms with E-state index in [1.807, 2.05) is 18.2 Å². The molecule has 7 nitrogen and oxygen atoms in total. The second-order valence-corrected chi connectivity index (χ2v) is 9.29. The lowest BCUT2D eigenvalue weighted by Crippen LogP contribution is -2.49. The minimum Gasteiger partial charge on any atom is -0.493 e. The van der Waals surface area contributed by atoms with Crippen LogP contribution in [0, 0.1) is 0 Å². The van der Waals surface area contributed by atoms with E-state index >= 15 is 0 Å². The van der Waals surface area contributed by atoms with E-state index in [4.69, 9.17) is 9.47 Å². The summed E-state index contributed by atoms with van der Waals surface area (Å²) in [5.41, 5.74) is 2.66. The quantitative estimate of drug-likeness (QED) is 0.727. The third-order valence-electron chi connectivity index (χ3n) is 5.40. The van der Waals surface area contributed by atoms with Crippen molar-refractivity contribution in [3.63, 3.8) is 0 Å².